The third-order valence-electron chi connectivity index (χ3n) is 7.23. The number of fused-ring (bicyclic) bond motifs is 3. The Morgan fingerprint density at radius 1 is 0.929 bits per heavy atom. The minimum Gasteiger partial charge on any atom is -0.497 e. The highest BCUT2D eigenvalue weighted by molar-refractivity contribution is 7.92. The number of aromatic nitrogens is 5. The molecule has 3 heterocycles. The molecule has 7 rings (SSSR count). The van der Waals surface area contributed by atoms with Gasteiger partial charge in [0.15, 0.2) is 5.82 Å². The molecule has 0 radical (unpaired) electrons. The second kappa shape index (κ2) is 10.0. The lowest BCUT2D eigenvalue weighted by Crippen LogP contribution is -2.09. The van der Waals surface area contributed by atoms with Gasteiger partial charge in [-0.1, -0.05) is 42.5 Å². The Kier molecular flexibility index (Phi) is 6.13. The topological polar surface area (TPSA) is 115 Å². The second-order valence-electron chi connectivity index (χ2n) is 10.2. The molecule has 10 heteroatoms. The van der Waals surface area contributed by atoms with Crippen molar-refractivity contribution in [1.29, 1.82) is 0 Å². The van der Waals surface area contributed by atoms with Crippen LogP contribution in [0.15, 0.2) is 97.3 Å². The molecule has 3 aromatic heterocycles. The molecule has 0 unspecified atom stereocenters. The minimum absolute atomic E-state index is 0.459. The van der Waals surface area contributed by atoms with Gasteiger partial charge in [0.1, 0.15) is 11.4 Å². The highest BCUT2D eigenvalue weighted by Crippen LogP contribution is 2.35. The van der Waals surface area contributed by atoms with Gasteiger partial charge in [0.25, 0.3) is 0 Å². The van der Waals surface area contributed by atoms with Crippen molar-refractivity contribution in [3.8, 4) is 28.4 Å². The average molecular weight is 575 g/mol. The van der Waals surface area contributed by atoms with Crippen molar-refractivity contribution in [2.75, 3.05) is 18.1 Å². The Bertz CT molecular complexity index is 2210. The normalized spacial score (nSPS) is 11.9. The van der Waals surface area contributed by atoms with Crippen LogP contribution in [0.2, 0.25) is 0 Å². The lowest BCUT2D eigenvalue weighted by Gasteiger charge is -2.08. The number of pyridine rings is 1. The summed E-state index contributed by atoms with van der Waals surface area (Å²) in [5.74, 6) is 1.39. The molecular weight excluding hydrogens is 548 g/mol. The second-order valence-corrected chi connectivity index (χ2v) is 11.9. The first-order valence-electron chi connectivity index (χ1n) is 13.3. The van der Waals surface area contributed by atoms with Crippen molar-refractivity contribution < 1.29 is 13.2 Å². The number of aromatic amines is 1. The summed E-state index contributed by atoms with van der Waals surface area (Å²) in [7, 11) is -1.76. The molecule has 0 bridgehead atoms. The maximum Gasteiger partial charge on any atom is 0.229 e. The van der Waals surface area contributed by atoms with E-state index in [1.54, 1.807) is 25.3 Å². The number of H-pyrrole nitrogens is 1. The third kappa shape index (κ3) is 4.82. The van der Waals surface area contributed by atoms with Gasteiger partial charge in [-0.15, -0.1) is 0 Å². The van der Waals surface area contributed by atoms with Gasteiger partial charge in [0.2, 0.25) is 10.0 Å². The summed E-state index contributed by atoms with van der Waals surface area (Å²) in [5, 5.41) is 8.16. The highest BCUT2D eigenvalue weighted by Gasteiger charge is 2.18. The van der Waals surface area contributed by atoms with Crippen molar-refractivity contribution in [1.82, 2.24) is 24.7 Å². The lowest BCUT2D eigenvalue weighted by atomic mass is 9.99. The zero-order valence-electron chi connectivity index (χ0n) is 22.9. The van der Waals surface area contributed by atoms with Crippen molar-refractivity contribution in [2.24, 2.45) is 0 Å². The molecular formula is C32H26N6O3S. The number of sulfonamides is 1. The van der Waals surface area contributed by atoms with Gasteiger partial charge in [-0.05, 0) is 59.0 Å². The van der Waals surface area contributed by atoms with Crippen LogP contribution in [0.5, 0.6) is 5.75 Å². The predicted octanol–water partition coefficient (Wildman–Crippen LogP) is 6.22. The fraction of sp³-hybridized carbons (Fsp3) is 0.0938. The lowest BCUT2D eigenvalue weighted by molar-refractivity contribution is 0.414. The van der Waals surface area contributed by atoms with E-state index in [0.29, 0.717) is 34.8 Å². The number of benzene rings is 4. The molecule has 0 saturated heterocycles. The van der Waals surface area contributed by atoms with E-state index in [0.717, 1.165) is 50.4 Å². The van der Waals surface area contributed by atoms with Gasteiger partial charge in [0, 0.05) is 28.7 Å². The van der Waals surface area contributed by atoms with Crippen LogP contribution in [0.3, 0.4) is 0 Å². The van der Waals surface area contributed by atoms with Gasteiger partial charge in [-0.25, -0.2) is 13.4 Å². The Hall–Kier alpha value is -5.22. The molecule has 0 fully saturated rings. The number of hydrogen-bond donors (Lipinski definition) is 2. The van der Waals surface area contributed by atoms with Gasteiger partial charge >= 0.3 is 0 Å². The summed E-state index contributed by atoms with van der Waals surface area (Å²) in [6.45, 7) is 0.554. The van der Waals surface area contributed by atoms with Crippen LogP contribution in [-0.2, 0) is 16.6 Å². The molecule has 0 aliphatic carbocycles. The molecule has 0 amide bonds. The van der Waals surface area contributed by atoms with Crippen LogP contribution in [0.1, 0.15) is 5.56 Å². The van der Waals surface area contributed by atoms with E-state index in [-0.39, 0.29) is 0 Å². The Balaban J connectivity index is 1.39. The molecule has 4 aromatic carbocycles. The van der Waals surface area contributed by atoms with Gasteiger partial charge in [-0.2, -0.15) is 5.10 Å². The number of nitrogens with zero attached hydrogens (tertiary/aromatic N) is 4. The molecule has 2 N–H and O–H groups in total. The summed E-state index contributed by atoms with van der Waals surface area (Å²) in [6, 6.07) is 27.7. The van der Waals surface area contributed by atoms with E-state index in [4.69, 9.17) is 14.8 Å². The van der Waals surface area contributed by atoms with Gasteiger partial charge < -0.3 is 9.72 Å². The van der Waals surface area contributed by atoms with Crippen LogP contribution < -0.4 is 9.46 Å². The number of rotatable bonds is 7. The van der Waals surface area contributed by atoms with Gasteiger partial charge in [0.05, 0.1) is 42.1 Å². The summed E-state index contributed by atoms with van der Waals surface area (Å²) in [5.41, 5.74) is 6.65. The SMILES string of the molecule is COc1ccc(Cn2nc(-c3nc4ccc(NS(C)(=O)=O)cc4[nH]3)c3cc(-c4cncc5ccccc45)ccc32)cc1. The monoisotopic (exact) mass is 574 g/mol. The zero-order chi connectivity index (χ0) is 28.8. The smallest absolute Gasteiger partial charge is 0.229 e. The summed E-state index contributed by atoms with van der Waals surface area (Å²) < 4.78 is 33.4. The third-order valence-corrected chi connectivity index (χ3v) is 7.84. The zero-order valence-corrected chi connectivity index (χ0v) is 23.7. The van der Waals surface area contributed by atoms with Crippen molar-refractivity contribution in [3.05, 3.63) is 103 Å². The van der Waals surface area contributed by atoms with Crippen molar-refractivity contribution in [3.63, 3.8) is 0 Å². The number of methoxy groups -OCH3 is 1. The molecule has 0 atom stereocenters. The quantitative estimate of drug-likeness (QED) is 0.233. The fourth-order valence-corrected chi connectivity index (χ4v) is 5.85. The Morgan fingerprint density at radius 2 is 1.76 bits per heavy atom. The van der Waals surface area contributed by atoms with E-state index in [1.807, 2.05) is 53.5 Å². The Labute approximate surface area is 241 Å². The molecule has 0 aliphatic heterocycles. The largest absolute Gasteiger partial charge is 0.497 e. The molecule has 42 heavy (non-hydrogen) atoms. The van der Waals surface area contributed by atoms with E-state index in [2.05, 4.69) is 45.0 Å². The molecule has 0 saturated carbocycles. The number of anilines is 1. The van der Waals surface area contributed by atoms with E-state index >= 15 is 0 Å². The first-order chi connectivity index (χ1) is 20.3. The van der Waals surface area contributed by atoms with Crippen LogP contribution in [0.25, 0.3) is 55.4 Å². The van der Waals surface area contributed by atoms with Crippen LogP contribution in [0.4, 0.5) is 5.69 Å². The maximum atomic E-state index is 11.8. The highest BCUT2D eigenvalue weighted by atomic mass is 32.2. The summed E-state index contributed by atoms with van der Waals surface area (Å²) >= 11 is 0. The Morgan fingerprint density at radius 3 is 2.57 bits per heavy atom. The van der Waals surface area contributed by atoms with E-state index < -0.39 is 10.0 Å². The molecule has 9 nitrogen and oxygen atoms in total. The first kappa shape index (κ1) is 25.7. The number of ether oxygens (including phenoxy) is 1. The van der Waals surface area contributed by atoms with Crippen LogP contribution in [0, 0.1) is 0 Å². The maximum absolute atomic E-state index is 11.8. The molecule has 208 valence electrons. The average Bonchev–Trinajstić information content (AvgIpc) is 3.57. The molecule has 7 aromatic rings. The minimum atomic E-state index is -3.41. The predicted molar refractivity (Wildman–Crippen MR) is 166 cm³/mol. The van der Waals surface area contributed by atoms with E-state index in [1.165, 1.54) is 0 Å². The molecule has 0 spiro atoms. The van der Waals surface area contributed by atoms with E-state index in [9.17, 15) is 8.42 Å². The van der Waals surface area contributed by atoms with Crippen molar-refractivity contribution in [2.45, 2.75) is 6.54 Å². The van der Waals surface area contributed by atoms with Crippen LogP contribution in [-0.4, -0.2) is 46.5 Å². The number of hydrogen-bond acceptors (Lipinski definition) is 6. The first-order valence-corrected chi connectivity index (χ1v) is 15.2. The summed E-state index contributed by atoms with van der Waals surface area (Å²) in [6.07, 6.45) is 4.89. The standard InChI is InChI=1S/C32H26N6O3S/c1-41-24-11-7-20(8-12-24)19-38-30-14-9-21(27-18-33-17-22-5-3-4-6-25(22)27)15-26(30)31(36-38)32-34-28-13-10-23(16-29(28)35-32)37-42(2,39)40/h3-18,37H,19H2,1-2H3,(H,34,35). The van der Waals surface area contributed by atoms with Gasteiger partial charge in [-0.3, -0.25) is 14.4 Å². The number of imidazole rings is 1. The van der Waals surface area contributed by atoms with Crippen molar-refractivity contribution >= 4 is 48.4 Å². The molecule has 0 aliphatic rings. The number of nitrogens with one attached hydrogen (secondary N) is 2. The van der Waals surface area contributed by atoms with Crippen LogP contribution >= 0.6 is 0 Å². The fourth-order valence-electron chi connectivity index (χ4n) is 5.29. The summed E-state index contributed by atoms with van der Waals surface area (Å²) in [4.78, 5) is 12.7.